The third-order valence-corrected chi connectivity index (χ3v) is 3.75. The first-order valence-electron chi connectivity index (χ1n) is 8.68. The number of nitrogens with one attached hydrogen (secondary N) is 3. The highest BCUT2D eigenvalue weighted by molar-refractivity contribution is 14.0. The van der Waals surface area contributed by atoms with E-state index in [1.54, 1.807) is 7.05 Å². The fourth-order valence-corrected chi connectivity index (χ4v) is 2.25. The topological polar surface area (TPSA) is 84.0 Å². The molecular weight excluding hydrogens is 471 g/mol. The van der Waals surface area contributed by atoms with E-state index >= 15 is 0 Å². The van der Waals surface area contributed by atoms with Crippen LogP contribution in [0.4, 0.5) is 10.5 Å². The number of carbonyl (C=O) groups is 1. The summed E-state index contributed by atoms with van der Waals surface area (Å²) in [6.45, 7) is 3.83. The van der Waals surface area contributed by atoms with Crippen molar-refractivity contribution in [2.75, 3.05) is 32.6 Å². The lowest BCUT2D eigenvalue weighted by Gasteiger charge is -2.13. The fourth-order valence-electron chi connectivity index (χ4n) is 2.25. The predicted octanol–water partition coefficient (Wildman–Crippen LogP) is 3.54. The van der Waals surface area contributed by atoms with E-state index in [0.29, 0.717) is 31.3 Å². The molecule has 0 fully saturated rings. The number of anilines is 1. The van der Waals surface area contributed by atoms with Gasteiger partial charge in [-0.05, 0) is 36.8 Å². The number of halogens is 1. The molecule has 0 aromatic heterocycles. The SMILES string of the molecule is CN=C(NCCOc1ccc(C)cc1)NCc1ccc(NC(=O)OC)cc1.I. The largest absolute Gasteiger partial charge is 0.492 e. The molecule has 8 heteroatoms. The molecule has 1 amide bonds. The molecule has 0 atom stereocenters. The normalized spacial score (nSPS) is 10.5. The molecular formula is C20H27IN4O3. The van der Waals surface area contributed by atoms with Gasteiger partial charge in [0.25, 0.3) is 0 Å². The molecule has 0 saturated carbocycles. The molecule has 28 heavy (non-hydrogen) atoms. The first-order valence-corrected chi connectivity index (χ1v) is 8.68. The van der Waals surface area contributed by atoms with Gasteiger partial charge in [0, 0.05) is 19.3 Å². The van der Waals surface area contributed by atoms with Crippen LogP contribution in [0.1, 0.15) is 11.1 Å². The molecule has 0 spiro atoms. The average Bonchev–Trinajstić information content (AvgIpc) is 2.69. The number of nitrogens with zero attached hydrogens (tertiary/aromatic N) is 1. The number of hydrogen-bond donors (Lipinski definition) is 3. The van der Waals surface area contributed by atoms with E-state index in [9.17, 15) is 4.79 Å². The Morgan fingerprint density at radius 3 is 2.32 bits per heavy atom. The number of benzene rings is 2. The number of carbonyl (C=O) groups excluding carboxylic acids is 1. The third-order valence-electron chi connectivity index (χ3n) is 3.75. The number of aliphatic imine (C=N–C) groups is 1. The Morgan fingerprint density at radius 1 is 1.04 bits per heavy atom. The third kappa shape index (κ3) is 8.47. The molecule has 152 valence electrons. The second kappa shape index (κ2) is 12.8. The smallest absolute Gasteiger partial charge is 0.411 e. The van der Waals surface area contributed by atoms with Gasteiger partial charge in [0.05, 0.1) is 13.7 Å². The van der Waals surface area contributed by atoms with E-state index in [2.05, 4.69) is 25.7 Å². The standard InChI is InChI=1S/C20H26N4O3.HI/c1-15-4-10-18(11-5-15)27-13-12-22-19(21-2)23-14-16-6-8-17(9-7-16)24-20(25)26-3;/h4-11H,12-14H2,1-3H3,(H,24,25)(H2,21,22,23);1H. The molecule has 7 nitrogen and oxygen atoms in total. The minimum absolute atomic E-state index is 0. The Labute approximate surface area is 182 Å². The first-order chi connectivity index (χ1) is 13.1. The summed E-state index contributed by atoms with van der Waals surface area (Å²) in [6.07, 6.45) is -0.488. The summed E-state index contributed by atoms with van der Waals surface area (Å²) in [5.41, 5.74) is 2.95. The summed E-state index contributed by atoms with van der Waals surface area (Å²) in [6, 6.07) is 15.4. The minimum Gasteiger partial charge on any atom is -0.492 e. The van der Waals surface area contributed by atoms with Crippen LogP contribution in [0, 0.1) is 6.92 Å². The Balaban J connectivity index is 0.00000392. The van der Waals surface area contributed by atoms with Crippen molar-refractivity contribution >= 4 is 41.7 Å². The van der Waals surface area contributed by atoms with Crippen LogP contribution in [0.3, 0.4) is 0 Å². The molecule has 2 aromatic rings. The van der Waals surface area contributed by atoms with Crippen molar-refractivity contribution in [2.24, 2.45) is 4.99 Å². The Hall–Kier alpha value is -2.49. The molecule has 0 saturated heterocycles. The maximum atomic E-state index is 11.2. The molecule has 0 heterocycles. The second-order valence-electron chi connectivity index (χ2n) is 5.83. The summed E-state index contributed by atoms with van der Waals surface area (Å²) in [4.78, 5) is 15.4. The number of methoxy groups -OCH3 is 1. The summed E-state index contributed by atoms with van der Waals surface area (Å²) in [7, 11) is 3.05. The van der Waals surface area contributed by atoms with E-state index in [4.69, 9.17) is 4.74 Å². The van der Waals surface area contributed by atoms with Crippen LogP contribution >= 0.6 is 24.0 Å². The zero-order valence-corrected chi connectivity index (χ0v) is 18.7. The van der Waals surface area contributed by atoms with Gasteiger partial charge in [-0.1, -0.05) is 29.8 Å². The highest BCUT2D eigenvalue weighted by Crippen LogP contribution is 2.11. The van der Waals surface area contributed by atoms with Crippen LogP contribution < -0.4 is 20.7 Å². The molecule has 2 rings (SSSR count). The zero-order valence-electron chi connectivity index (χ0n) is 16.3. The summed E-state index contributed by atoms with van der Waals surface area (Å²) in [5.74, 6) is 1.55. The van der Waals surface area contributed by atoms with Crippen LogP contribution in [0.25, 0.3) is 0 Å². The van der Waals surface area contributed by atoms with Gasteiger partial charge >= 0.3 is 6.09 Å². The quantitative estimate of drug-likeness (QED) is 0.236. The van der Waals surface area contributed by atoms with E-state index in [1.807, 2.05) is 55.5 Å². The van der Waals surface area contributed by atoms with E-state index in [0.717, 1.165) is 11.3 Å². The number of ether oxygens (including phenoxy) is 2. The van der Waals surface area contributed by atoms with Crippen molar-refractivity contribution in [3.8, 4) is 5.75 Å². The maximum absolute atomic E-state index is 11.2. The van der Waals surface area contributed by atoms with Crippen LogP contribution in [-0.4, -0.2) is 39.4 Å². The predicted molar refractivity (Wildman–Crippen MR) is 123 cm³/mol. The minimum atomic E-state index is -0.488. The molecule has 0 radical (unpaired) electrons. The van der Waals surface area contributed by atoms with Gasteiger partial charge in [0.2, 0.25) is 0 Å². The van der Waals surface area contributed by atoms with E-state index in [1.165, 1.54) is 12.7 Å². The lowest BCUT2D eigenvalue weighted by Crippen LogP contribution is -2.38. The molecule has 0 aliphatic heterocycles. The van der Waals surface area contributed by atoms with Gasteiger partial charge in [-0.15, -0.1) is 24.0 Å². The molecule has 0 bridgehead atoms. The van der Waals surface area contributed by atoms with Gasteiger partial charge in [-0.3, -0.25) is 10.3 Å². The van der Waals surface area contributed by atoms with E-state index < -0.39 is 6.09 Å². The van der Waals surface area contributed by atoms with Crippen molar-refractivity contribution in [3.05, 3.63) is 59.7 Å². The summed E-state index contributed by atoms with van der Waals surface area (Å²) >= 11 is 0. The van der Waals surface area contributed by atoms with Crippen LogP contribution in [0.2, 0.25) is 0 Å². The number of guanidine groups is 1. The van der Waals surface area contributed by atoms with Gasteiger partial charge in [-0.2, -0.15) is 0 Å². The summed E-state index contributed by atoms with van der Waals surface area (Å²) in [5, 5.41) is 9.06. The van der Waals surface area contributed by atoms with Crippen LogP contribution in [0.15, 0.2) is 53.5 Å². The van der Waals surface area contributed by atoms with Crippen molar-refractivity contribution in [2.45, 2.75) is 13.5 Å². The molecule has 2 aromatic carbocycles. The molecule has 3 N–H and O–H groups in total. The highest BCUT2D eigenvalue weighted by atomic mass is 127. The van der Waals surface area contributed by atoms with E-state index in [-0.39, 0.29) is 24.0 Å². The van der Waals surface area contributed by atoms with Gasteiger partial charge in [0.1, 0.15) is 12.4 Å². The van der Waals surface area contributed by atoms with Crippen molar-refractivity contribution in [1.82, 2.24) is 10.6 Å². The van der Waals surface area contributed by atoms with Crippen molar-refractivity contribution in [1.29, 1.82) is 0 Å². The van der Waals surface area contributed by atoms with Crippen molar-refractivity contribution in [3.63, 3.8) is 0 Å². The molecule has 0 aliphatic rings. The monoisotopic (exact) mass is 498 g/mol. The molecule has 0 unspecified atom stereocenters. The lowest BCUT2D eigenvalue weighted by atomic mass is 10.2. The molecule has 0 aliphatic carbocycles. The average molecular weight is 498 g/mol. The Kier molecular flexibility index (Phi) is 10.8. The number of rotatable bonds is 7. The Bertz CT molecular complexity index is 749. The second-order valence-corrected chi connectivity index (χ2v) is 5.83. The maximum Gasteiger partial charge on any atom is 0.411 e. The number of amides is 1. The first kappa shape index (κ1) is 23.5. The number of aryl methyl sites for hydroxylation is 1. The van der Waals surface area contributed by atoms with Crippen molar-refractivity contribution < 1.29 is 14.3 Å². The summed E-state index contributed by atoms with van der Waals surface area (Å²) < 4.78 is 10.2. The fraction of sp³-hybridized carbons (Fsp3) is 0.300. The van der Waals surface area contributed by atoms with Gasteiger partial charge in [0.15, 0.2) is 5.96 Å². The highest BCUT2D eigenvalue weighted by Gasteiger charge is 2.02. The number of hydrogen-bond acceptors (Lipinski definition) is 4. The van der Waals surface area contributed by atoms with Gasteiger partial charge in [-0.25, -0.2) is 4.79 Å². The van der Waals surface area contributed by atoms with Crippen LogP contribution in [-0.2, 0) is 11.3 Å². The van der Waals surface area contributed by atoms with Gasteiger partial charge < -0.3 is 20.1 Å². The van der Waals surface area contributed by atoms with Crippen LogP contribution in [0.5, 0.6) is 5.75 Å². The Morgan fingerprint density at radius 2 is 1.71 bits per heavy atom. The lowest BCUT2D eigenvalue weighted by molar-refractivity contribution is 0.187. The zero-order chi connectivity index (χ0) is 19.5.